The second kappa shape index (κ2) is 9.86. The number of carbonyl (C=O) groups excluding carboxylic acids is 1. The topological polar surface area (TPSA) is 52.6 Å². The molecule has 4 rings (SSSR count). The molecule has 2 unspecified atom stereocenters. The van der Waals surface area contributed by atoms with Crippen molar-refractivity contribution in [1.29, 1.82) is 0 Å². The summed E-state index contributed by atoms with van der Waals surface area (Å²) in [4.78, 5) is 15.6. The number of benzene rings is 2. The zero-order chi connectivity index (χ0) is 22.0. The van der Waals surface area contributed by atoms with Gasteiger partial charge in [0.05, 0.1) is 17.7 Å². The molecule has 3 atom stereocenters. The smallest absolute Gasteiger partial charge is 0.242 e. The molecular weight excluding hydrogens is 438 g/mol. The fraction of sp³-hybridized carbons (Fsp3) is 0.458. The molecule has 1 aliphatic carbocycles. The molecule has 0 radical (unpaired) electrons. The third kappa shape index (κ3) is 4.90. The molecule has 0 spiro atoms. The second-order valence-electron chi connectivity index (χ2n) is 8.61. The summed E-state index contributed by atoms with van der Waals surface area (Å²) in [5.41, 5.74) is 1.02. The molecule has 1 heterocycles. The Labute approximate surface area is 192 Å². The molecule has 2 aliphatic rings. The number of likely N-dealkylation sites (tertiary alicyclic amines) is 1. The highest BCUT2D eigenvalue weighted by Crippen LogP contribution is 2.42. The maximum Gasteiger partial charge on any atom is 0.242 e. The van der Waals surface area contributed by atoms with E-state index in [0.29, 0.717) is 28.6 Å². The van der Waals surface area contributed by atoms with Gasteiger partial charge in [0.25, 0.3) is 0 Å². The summed E-state index contributed by atoms with van der Waals surface area (Å²) in [6.07, 6.45) is 5.11. The molecule has 1 amide bonds. The van der Waals surface area contributed by atoms with Crippen LogP contribution in [0.5, 0.6) is 0 Å². The molecule has 2 fully saturated rings. The minimum atomic E-state index is -0.607. The fourth-order valence-corrected chi connectivity index (χ4v) is 5.54. The van der Waals surface area contributed by atoms with E-state index in [2.05, 4.69) is 10.2 Å². The van der Waals surface area contributed by atoms with Crippen molar-refractivity contribution in [2.75, 3.05) is 18.5 Å². The van der Waals surface area contributed by atoms with Crippen LogP contribution < -0.4 is 5.32 Å². The zero-order valence-corrected chi connectivity index (χ0v) is 18.7. The lowest BCUT2D eigenvalue weighted by atomic mass is 9.89. The van der Waals surface area contributed by atoms with Crippen LogP contribution in [0.2, 0.25) is 10.0 Å². The molecule has 1 aliphatic heterocycles. The molecule has 2 aromatic rings. The Balaban J connectivity index is 1.68. The number of nitrogens with zero attached hydrogens (tertiary/aromatic N) is 1. The van der Waals surface area contributed by atoms with E-state index < -0.39 is 17.8 Å². The minimum absolute atomic E-state index is 0.0429. The highest BCUT2D eigenvalue weighted by molar-refractivity contribution is 6.31. The minimum Gasteiger partial charge on any atom is -0.395 e. The fourth-order valence-electron chi connectivity index (χ4n) is 5.17. The summed E-state index contributed by atoms with van der Waals surface area (Å²) >= 11 is 12.1. The van der Waals surface area contributed by atoms with E-state index in [1.54, 1.807) is 36.4 Å². The number of aliphatic hydroxyl groups is 1. The van der Waals surface area contributed by atoms with Crippen LogP contribution in [-0.4, -0.2) is 41.1 Å². The molecule has 0 bridgehead atoms. The number of aliphatic hydroxyl groups excluding tert-OH is 1. The van der Waals surface area contributed by atoms with Crippen LogP contribution in [0.25, 0.3) is 0 Å². The van der Waals surface area contributed by atoms with E-state index in [-0.39, 0.29) is 23.6 Å². The number of hydrogen-bond acceptors (Lipinski definition) is 3. The Hall–Kier alpha value is -1.66. The number of nitrogens with one attached hydrogen (secondary N) is 1. The largest absolute Gasteiger partial charge is 0.395 e. The van der Waals surface area contributed by atoms with Gasteiger partial charge in [0, 0.05) is 29.2 Å². The van der Waals surface area contributed by atoms with Gasteiger partial charge in [-0.3, -0.25) is 9.69 Å². The van der Waals surface area contributed by atoms with Crippen LogP contribution in [0, 0.1) is 11.7 Å². The quantitative estimate of drug-likeness (QED) is 0.594. The number of anilines is 1. The highest BCUT2D eigenvalue weighted by atomic mass is 35.5. The predicted octanol–water partition coefficient (Wildman–Crippen LogP) is 5.48. The van der Waals surface area contributed by atoms with Gasteiger partial charge >= 0.3 is 0 Å². The summed E-state index contributed by atoms with van der Waals surface area (Å²) in [7, 11) is 0. The maximum atomic E-state index is 15.0. The van der Waals surface area contributed by atoms with Crippen molar-refractivity contribution in [2.24, 2.45) is 5.92 Å². The van der Waals surface area contributed by atoms with E-state index in [1.165, 1.54) is 18.9 Å². The predicted molar refractivity (Wildman–Crippen MR) is 122 cm³/mol. The first-order chi connectivity index (χ1) is 15.0. The van der Waals surface area contributed by atoms with Crippen LogP contribution in [-0.2, 0) is 4.79 Å². The van der Waals surface area contributed by atoms with E-state index in [1.807, 2.05) is 0 Å². The summed E-state index contributed by atoms with van der Waals surface area (Å²) < 4.78 is 15.0. The molecule has 4 nitrogen and oxygen atoms in total. The van der Waals surface area contributed by atoms with Crippen molar-refractivity contribution >= 4 is 34.8 Å². The summed E-state index contributed by atoms with van der Waals surface area (Å²) in [6, 6.07) is 11.1. The Bertz CT molecular complexity index is 936. The van der Waals surface area contributed by atoms with Crippen molar-refractivity contribution in [3.05, 3.63) is 63.9 Å². The molecule has 2 aromatic carbocycles. The van der Waals surface area contributed by atoms with E-state index >= 15 is 0 Å². The van der Waals surface area contributed by atoms with E-state index in [9.17, 15) is 14.3 Å². The normalized spacial score (nSPS) is 24.6. The number of rotatable bonds is 6. The lowest BCUT2D eigenvalue weighted by Crippen LogP contribution is -2.47. The first-order valence-electron chi connectivity index (χ1n) is 10.8. The van der Waals surface area contributed by atoms with Crippen LogP contribution in [0.3, 0.4) is 0 Å². The first-order valence-corrected chi connectivity index (χ1v) is 11.6. The maximum absolute atomic E-state index is 15.0. The molecule has 2 N–H and O–H groups in total. The van der Waals surface area contributed by atoms with Gasteiger partial charge in [0.15, 0.2) is 0 Å². The Morgan fingerprint density at radius 3 is 2.61 bits per heavy atom. The number of hydrogen-bond donors (Lipinski definition) is 2. The number of carbonyl (C=O) groups is 1. The SMILES string of the molecule is O=C(Nc1cccc(Cl)c1)C1C(c2cccc(Cl)c2F)C[C@H](CO)N1CC1CCCC1. The van der Waals surface area contributed by atoms with Crippen LogP contribution in [0.15, 0.2) is 42.5 Å². The molecule has 7 heteroatoms. The van der Waals surface area contributed by atoms with Crippen molar-refractivity contribution in [3.63, 3.8) is 0 Å². The standard InChI is InChI=1S/C24H27Cl2FN2O2/c25-16-7-3-8-17(11-16)28-24(31)23-20(19-9-4-10-21(26)22(19)27)12-18(14-30)29(23)13-15-5-1-2-6-15/h3-4,7-11,15,18,20,23,30H,1-2,5-6,12-14H2,(H,28,31)/t18-,20?,23?/m1/s1. The lowest BCUT2D eigenvalue weighted by Gasteiger charge is -2.32. The first kappa shape index (κ1) is 22.5. The molecule has 1 saturated heterocycles. The van der Waals surface area contributed by atoms with Crippen LogP contribution >= 0.6 is 23.2 Å². The summed E-state index contributed by atoms with van der Waals surface area (Å²) in [5, 5.41) is 13.6. The molecule has 1 saturated carbocycles. The van der Waals surface area contributed by atoms with Gasteiger partial charge in [-0.25, -0.2) is 4.39 Å². The Morgan fingerprint density at radius 2 is 1.90 bits per heavy atom. The summed E-state index contributed by atoms with van der Waals surface area (Å²) in [5.74, 6) is -0.635. The van der Waals surface area contributed by atoms with E-state index in [4.69, 9.17) is 23.2 Å². The van der Waals surface area contributed by atoms with Crippen LogP contribution in [0.4, 0.5) is 10.1 Å². The third-order valence-corrected chi connectivity index (χ3v) is 7.16. The second-order valence-corrected chi connectivity index (χ2v) is 9.46. The monoisotopic (exact) mass is 464 g/mol. The van der Waals surface area contributed by atoms with Crippen molar-refractivity contribution in [3.8, 4) is 0 Å². The number of amides is 1. The van der Waals surface area contributed by atoms with Crippen molar-refractivity contribution < 1.29 is 14.3 Å². The zero-order valence-electron chi connectivity index (χ0n) is 17.2. The van der Waals surface area contributed by atoms with Gasteiger partial charge in [-0.05, 0) is 55.0 Å². The Kier molecular flexibility index (Phi) is 7.17. The average molecular weight is 465 g/mol. The average Bonchev–Trinajstić information content (AvgIpc) is 3.38. The highest BCUT2D eigenvalue weighted by Gasteiger charge is 2.47. The molecule has 166 valence electrons. The van der Waals surface area contributed by atoms with Gasteiger partial charge in [0.2, 0.25) is 5.91 Å². The third-order valence-electron chi connectivity index (χ3n) is 6.63. The Morgan fingerprint density at radius 1 is 1.16 bits per heavy atom. The lowest BCUT2D eigenvalue weighted by molar-refractivity contribution is -0.121. The summed E-state index contributed by atoms with van der Waals surface area (Å²) in [6.45, 7) is 0.643. The van der Waals surface area contributed by atoms with Gasteiger partial charge in [-0.15, -0.1) is 0 Å². The number of halogens is 3. The molecule has 0 aromatic heterocycles. The van der Waals surface area contributed by atoms with Gasteiger partial charge in [0.1, 0.15) is 5.82 Å². The van der Waals surface area contributed by atoms with Gasteiger partial charge < -0.3 is 10.4 Å². The van der Waals surface area contributed by atoms with Crippen LogP contribution in [0.1, 0.15) is 43.6 Å². The van der Waals surface area contributed by atoms with Crippen molar-refractivity contribution in [1.82, 2.24) is 4.90 Å². The van der Waals surface area contributed by atoms with E-state index in [0.717, 1.165) is 19.4 Å². The van der Waals surface area contributed by atoms with Gasteiger partial charge in [-0.1, -0.05) is 54.2 Å². The van der Waals surface area contributed by atoms with Crippen molar-refractivity contribution in [2.45, 2.75) is 50.1 Å². The van der Waals surface area contributed by atoms with Gasteiger partial charge in [-0.2, -0.15) is 0 Å². The molecule has 31 heavy (non-hydrogen) atoms. The molecular formula is C24H27Cl2FN2O2.